The number of benzene rings is 2. The number of thiazole rings is 1. The number of sulfone groups is 1. The van der Waals surface area contributed by atoms with Crippen molar-refractivity contribution < 1.29 is 17.9 Å². The molecule has 1 N–H and O–H groups in total. The Balaban J connectivity index is 1.36. The van der Waals surface area contributed by atoms with Gasteiger partial charge in [0.15, 0.2) is 14.2 Å². The van der Waals surface area contributed by atoms with Crippen LogP contribution in [0.3, 0.4) is 0 Å². The Morgan fingerprint density at radius 2 is 2.00 bits per heavy atom. The van der Waals surface area contributed by atoms with Crippen molar-refractivity contribution in [2.45, 2.75) is 10.1 Å². The number of nitrogens with one attached hydrogen (secondary N) is 1. The molecule has 2 aromatic carbocycles. The van der Waals surface area contributed by atoms with E-state index in [1.54, 1.807) is 30.2 Å². The number of hydrogen-bond acceptors (Lipinski definition) is 8. The molecular formula is C21H23N3O4S3. The van der Waals surface area contributed by atoms with E-state index >= 15 is 0 Å². The largest absolute Gasteiger partial charge is 0.496 e. The lowest BCUT2D eigenvalue weighted by molar-refractivity contribution is -0.117. The molecule has 3 aromatic rings. The lowest BCUT2D eigenvalue weighted by Gasteiger charge is -2.25. The summed E-state index contributed by atoms with van der Waals surface area (Å²) in [6.45, 7) is 0.989. The monoisotopic (exact) mass is 477 g/mol. The van der Waals surface area contributed by atoms with Gasteiger partial charge < -0.3 is 10.1 Å². The molecule has 1 aromatic heterocycles. The van der Waals surface area contributed by atoms with Gasteiger partial charge in [-0.25, -0.2) is 13.4 Å². The summed E-state index contributed by atoms with van der Waals surface area (Å²) in [5.41, 5.74) is 2.73. The Morgan fingerprint density at radius 3 is 2.77 bits per heavy atom. The number of ether oxygens (including phenoxy) is 1. The number of thioether (sulfide) groups is 1. The molecular weight excluding hydrogens is 454 g/mol. The second-order valence-corrected chi connectivity index (χ2v) is 11.8. The highest BCUT2D eigenvalue weighted by Gasteiger charge is 2.23. The number of methoxy groups -OCH3 is 1. The van der Waals surface area contributed by atoms with Gasteiger partial charge >= 0.3 is 0 Å². The van der Waals surface area contributed by atoms with Crippen molar-refractivity contribution in [2.75, 3.05) is 43.6 Å². The van der Waals surface area contributed by atoms with Crippen molar-refractivity contribution in [3.8, 4) is 5.75 Å². The smallest absolute Gasteiger partial charge is 0.238 e. The molecule has 1 amide bonds. The number of hydrogen-bond donors (Lipinski definition) is 1. The Morgan fingerprint density at radius 1 is 1.23 bits per heavy atom. The van der Waals surface area contributed by atoms with E-state index in [9.17, 15) is 13.2 Å². The van der Waals surface area contributed by atoms with Crippen LogP contribution in [0.25, 0.3) is 10.2 Å². The van der Waals surface area contributed by atoms with Crippen molar-refractivity contribution in [2.24, 2.45) is 0 Å². The number of fused-ring (bicyclic) bond motifs is 1. The zero-order valence-corrected chi connectivity index (χ0v) is 19.5. The summed E-state index contributed by atoms with van der Waals surface area (Å²) >= 11 is 3.25. The number of carbonyl (C=O) groups is 1. The molecule has 0 atom stereocenters. The fourth-order valence-electron chi connectivity index (χ4n) is 3.32. The van der Waals surface area contributed by atoms with Crippen LogP contribution in [-0.2, 0) is 20.4 Å². The van der Waals surface area contributed by atoms with Gasteiger partial charge in [-0.05, 0) is 24.3 Å². The lowest BCUT2D eigenvalue weighted by Crippen LogP contribution is -2.43. The standard InChI is InChI=1S/C21H23N3O4S3/c1-28-18-5-3-2-4-15(18)14-29-21-23-17-7-6-16(12-19(17)30-21)22-20(25)13-24-8-10-31(26,27)11-9-24/h2-7,12H,8-11,13-14H2,1H3,(H,22,25). The van der Waals surface area contributed by atoms with Crippen molar-refractivity contribution in [1.29, 1.82) is 0 Å². The van der Waals surface area contributed by atoms with E-state index in [0.717, 1.165) is 31.6 Å². The van der Waals surface area contributed by atoms with E-state index in [1.165, 1.54) is 0 Å². The molecule has 0 saturated carbocycles. The van der Waals surface area contributed by atoms with Gasteiger partial charge in [-0.15, -0.1) is 11.3 Å². The highest BCUT2D eigenvalue weighted by Crippen LogP contribution is 2.34. The molecule has 0 unspecified atom stereocenters. The van der Waals surface area contributed by atoms with Crippen LogP contribution in [0.15, 0.2) is 46.8 Å². The van der Waals surface area contributed by atoms with Gasteiger partial charge in [0.05, 0.1) is 35.4 Å². The Hall–Kier alpha value is -2.14. The van der Waals surface area contributed by atoms with Crippen LogP contribution in [0.4, 0.5) is 5.69 Å². The van der Waals surface area contributed by atoms with E-state index < -0.39 is 9.84 Å². The van der Waals surface area contributed by atoms with Gasteiger partial charge in [-0.2, -0.15) is 0 Å². The Kier molecular flexibility index (Phi) is 6.80. The molecule has 1 saturated heterocycles. The second-order valence-electron chi connectivity index (χ2n) is 7.24. The predicted molar refractivity (Wildman–Crippen MR) is 126 cm³/mol. The number of carbonyl (C=O) groups excluding carboxylic acids is 1. The van der Waals surface area contributed by atoms with Gasteiger partial charge in [0, 0.05) is 30.1 Å². The normalized spacial score (nSPS) is 16.3. The summed E-state index contributed by atoms with van der Waals surface area (Å²) in [5.74, 6) is 1.71. The first kappa shape index (κ1) is 22.1. The number of nitrogens with zero attached hydrogens (tertiary/aromatic N) is 2. The number of para-hydroxylation sites is 1. The maximum atomic E-state index is 12.4. The van der Waals surface area contributed by atoms with Crippen LogP contribution in [-0.4, -0.2) is 62.5 Å². The second kappa shape index (κ2) is 9.56. The molecule has 0 aliphatic carbocycles. The summed E-state index contributed by atoms with van der Waals surface area (Å²) in [6, 6.07) is 13.6. The number of rotatable bonds is 7. The average Bonchev–Trinajstić information content (AvgIpc) is 3.16. The van der Waals surface area contributed by atoms with Crippen LogP contribution >= 0.6 is 23.1 Å². The van der Waals surface area contributed by atoms with Gasteiger partial charge in [0.1, 0.15) is 5.75 Å². The predicted octanol–water partition coefficient (Wildman–Crippen LogP) is 3.27. The fourth-order valence-corrected chi connectivity index (χ4v) is 6.69. The molecule has 2 heterocycles. The Bertz CT molecular complexity index is 1180. The first-order valence-corrected chi connectivity index (χ1v) is 13.4. The first-order valence-electron chi connectivity index (χ1n) is 9.80. The highest BCUT2D eigenvalue weighted by molar-refractivity contribution is 8.00. The molecule has 1 aliphatic heterocycles. The molecule has 1 fully saturated rings. The van der Waals surface area contributed by atoms with Crippen LogP contribution in [0.1, 0.15) is 5.56 Å². The van der Waals surface area contributed by atoms with E-state index in [0.29, 0.717) is 18.8 Å². The van der Waals surface area contributed by atoms with Gasteiger partial charge in [-0.3, -0.25) is 9.69 Å². The van der Waals surface area contributed by atoms with Crippen LogP contribution < -0.4 is 10.1 Å². The summed E-state index contributed by atoms with van der Waals surface area (Å²) in [6.07, 6.45) is 0. The fraction of sp³-hybridized carbons (Fsp3) is 0.333. The van der Waals surface area contributed by atoms with Gasteiger partial charge in [-0.1, -0.05) is 30.0 Å². The van der Waals surface area contributed by atoms with Crippen LogP contribution in [0.2, 0.25) is 0 Å². The minimum Gasteiger partial charge on any atom is -0.496 e. The minimum atomic E-state index is -2.95. The van der Waals surface area contributed by atoms with E-state index in [-0.39, 0.29) is 24.0 Å². The van der Waals surface area contributed by atoms with E-state index in [1.807, 2.05) is 47.4 Å². The average molecular weight is 478 g/mol. The van der Waals surface area contributed by atoms with Crippen LogP contribution in [0.5, 0.6) is 5.75 Å². The molecule has 4 rings (SSSR count). The molecule has 0 spiro atoms. The first-order chi connectivity index (χ1) is 14.9. The maximum absolute atomic E-state index is 12.4. The molecule has 0 radical (unpaired) electrons. The highest BCUT2D eigenvalue weighted by atomic mass is 32.2. The maximum Gasteiger partial charge on any atom is 0.238 e. The third-order valence-electron chi connectivity index (χ3n) is 5.00. The summed E-state index contributed by atoms with van der Waals surface area (Å²) in [4.78, 5) is 18.9. The zero-order chi connectivity index (χ0) is 21.8. The van der Waals surface area contributed by atoms with Crippen molar-refractivity contribution in [3.05, 3.63) is 48.0 Å². The third-order valence-corrected chi connectivity index (χ3v) is 8.82. The van der Waals surface area contributed by atoms with E-state index in [2.05, 4.69) is 10.3 Å². The minimum absolute atomic E-state index is 0.113. The number of aromatic nitrogens is 1. The van der Waals surface area contributed by atoms with Crippen molar-refractivity contribution in [1.82, 2.24) is 9.88 Å². The van der Waals surface area contributed by atoms with Crippen molar-refractivity contribution in [3.63, 3.8) is 0 Å². The lowest BCUT2D eigenvalue weighted by atomic mass is 10.2. The number of amides is 1. The van der Waals surface area contributed by atoms with Gasteiger partial charge in [0.2, 0.25) is 5.91 Å². The zero-order valence-electron chi connectivity index (χ0n) is 17.0. The van der Waals surface area contributed by atoms with Crippen LogP contribution in [0, 0.1) is 0 Å². The quantitative estimate of drug-likeness (QED) is 0.523. The SMILES string of the molecule is COc1ccccc1CSc1nc2ccc(NC(=O)CN3CCS(=O)(=O)CC3)cc2s1. The molecule has 0 bridgehead atoms. The molecule has 10 heteroatoms. The molecule has 7 nitrogen and oxygen atoms in total. The summed E-state index contributed by atoms with van der Waals surface area (Å²) in [5, 5.41) is 2.91. The van der Waals surface area contributed by atoms with E-state index in [4.69, 9.17) is 4.74 Å². The number of anilines is 1. The summed E-state index contributed by atoms with van der Waals surface area (Å²) in [7, 11) is -1.28. The molecule has 31 heavy (non-hydrogen) atoms. The molecule has 1 aliphatic rings. The third kappa shape index (κ3) is 5.76. The molecule has 164 valence electrons. The van der Waals surface area contributed by atoms with Gasteiger partial charge in [0.25, 0.3) is 0 Å². The van der Waals surface area contributed by atoms with Crippen molar-refractivity contribution >= 4 is 54.7 Å². The topological polar surface area (TPSA) is 88.6 Å². The Labute approximate surface area is 189 Å². The summed E-state index contributed by atoms with van der Waals surface area (Å²) < 4.78 is 30.4.